The summed E-state index contributed by atoms with van der Waals surface area (Å²) >= 11 is 0. The molecule has 0 heterocycles. The molecule has 0 aliphatic heterocycles. The van der Waals surface area contributed by atoms with Crippen molar-refractivity contribution in [1.82, 2.24) is 4.72 Å². The molecule has 0 saturated carbocycles. The van der Waals surface area contributed by atoms with Gasteiger partial charge < -0.3 is 4.74 Å². The maximum absolute atomic E-state index is 12.6. The number of nitrogens with one attached hydrogen (secondary N) is 1. The highest BCUT2D eigenvalue weighted by Crippen LogP contribution is 2.20. The van der Waals surface area contributed by atoms with Crippen LogP contribution in [0.5, 0.6) is 0 Å². The van der Waals surface area contributed by atoms with E-state index >= 15 is 0 Å². The zero-order valence-corrected chi connectivity index (χ0v) is 16.0. The number of hydrogen-bond acceptors (Lipinski definition) is 3. The van der Waals surface area contributed by atoms with E-state index in [1.807, 2.05) is 67.6 Å². The maximum atomic E-state index is 12.6. The molecule has 0 radical (unpaired) electrons. The number of hydrogen-bond donors (Lipinski definition) is 1. The fraction of sp³-hybridized carbons (Fsp3) is 0.182. The van der Waals surface area contributed by atoms with Crippen LogP contribution in [-0.4, -0.2) is 15.0 Å². The Bertz CT molecular complexity index is 940. The monoisotopic (exact) mass is 381 g/mol. The van der Waals surface area contributed by atoms with Crippen LogP contribution in [0.2, 0.25) is 0 Å². The third-order valence-electron chi connectivity index (χ3n) is 4.26. The topological polar surface area (TPSA) is 55.4 Å². The minimum Gasteiger partial charge on any atom is -0.367 e. The fourth-order valence-corrected chi connectivity index (χ4v) is 3.73. The van der Waals surface area contributed by atoms with Gasteiger partial charge in [-0.25, -0.2) is 13.1 Å². The Morgan fingerprint density at radius 2 is 1.44 bits per heavy atom. The van der Waals surface area contributed by atoms with E-state index in [0.717, 1.165) is 16.7 Å². The van der Waals surface area contributed by atoms with Gasteiger partial charge in [-0.05, 0) is 30.2 Å². The Morgan fingerprint density at radius 3 is 2.07 bits per heavy atom. The van der Waals surface area contributed by atoms with Crippen molar-refractivity contribution in [1.29, 1.82) is 0 Å². The van der Waals surface area contributed by atoms with Crippen LogP contribution in [0.15, 0.2) is 89.8 Å². The van der Waals surface area contributed by atoms with E-state index in [2.05, 4.69) is 4.72 Å². The molecule has 0 bridgehead atoms. The summed E-state index contributed by atoms with van der Waals surface area (Å²) < 4.78 is 33.9. The van der Waals surface area contributed by atoms with E-state index < -0.39 is 10.0 Å². The quantitative estimate of drug-likeness (QED) is 0.635. The second-order valence-electron chi connectivity index (χ2n) is 6.36. The molecule has 0 saturated heterocycles. The Morgan fingerprint density at radius 1 is 0.852 bits per heavy atom. The summed E-state index contributed by atoms with van der Waals surface area (Å²) in [5.41, 5.74) is 2.99. The van der Waals surface area contributed by atoms with Crippen LogP contribution < -0.4 is 4.72 Å². The zero-order valence-electron chi connectivity index (χ0n) is 15.2. The number of ether oxygens (including phenoxy) is 1. The number of sulfonamides is 1. The van der Waals surface area contributed by atoms with Crippen LogP contribution >= 0.6 is 0 Å². The van der Waals surface area contributed by atoms with E-state index in [9.17, 15) is 8.42 Å². The summed E-state index contributed by atoms with van der Waals surface area (Å²) in [5, 5.41) is 0. The molecule has 27 heavy (non-hydrogen) atoms. The number of benzene rings is 3. The van der Waals surface area contributed by atoms with Crippen molar-refractivity contribution in [3.8, 4) is 0 Å². The minimum atomic E-state index is -3.59. The third kappa shape index (κ3) is 5.50. The largest absolute Gasteiger partial charge is 0.367 e. The van der Waals surface area contributed by atoms with Crippen LogP contribution in [0.1, 0.15) is 22.8 Å². The highest BCUT2D eigenvalue weighted by Gasteiger charge is 2.18. The van der Waals surface area contributed by atoms with Crippen molar-refractivity contribution >= 4 is 10.0 Å². The predicted molar refractivity (Wildman–Crippen MR) is 107 cm³/mol. The Kier molecular flexibility index (Phi) is 6.40. The van der Waals surface area contributed by atoms with Crippen LogP contribution in [0.25, 0.3) is 0 Å². The summed E-state index contributed by atoms with van der Waals surface area (Å²) in [6.45, 7) is 2.49. The standard InChI is InChI=1S/C22H23NO3S/c1-18-12-14-21(15-13-18)27(24,25)23-16-22(20-10-6-3-7-11-20)26-17-19-8-4-2-5-9-19/h2-15,22-23H,16-17H2,1H3. The van der Waals surface area contributed by atoms with Gasteiger partial charge in [-0.1, -0.05) is 78.4 Å². The van der Waals surface area contributed by atoms with Gasteiger partial charge >= 0.3 is 0 Å². The van der Waals surface area contributed by atoms with Crippen molar-refractivity contribution in [2.75, 3.05) is 6.54 Å². The first kappa shape index (κ1) is 19.3. The molecule has 0 fully saturated rings. The molecule has 4 nitrogen and oxygen atoms in total. The van der Waals surface area contributed by atoms with E-state index in [4.69, 9.17) is 4.74 Å². The SMILES string of the molecule is Cc1ccc(S(=O)(=O)NCC(OCc2ccccc2)c2ccccc2)cc1. The van der Waals surface area contributed by atoms with Crippen LogP contribution in [0.4, 0.5) is 0 Å². The van der Waals surface area contributed by atoms with Crippen molar-refractivity contribution in [2.45, 2.75) is 24.5 Å². The lowest BCUT2D eigenvalue weighted by atomic mass is 10.1. The molecule has 0 aliphatic carbocycles. The molecular formula is C22H23NO3S. The second-order valence-corrected chi connectivity index (χ2v) is 8.13. The van der Waals surface area contributed by atoms with Gasteiger partial charge in [0.1, 0.15) is 0 Å². The molecule has 5 heteroatoms. The van der Waals surface area contributed by atoms with Gasteiger partial charge in [-0.15, -0.1) is 0 Å². The number of rotatable bonds is 8. The van der Waals surface area contributed by atoms with Crippen LogP contribution in [0.3, 0.4) is 0 Å². The molecule has 3 rings (SSSR count). The van der Waals surface area contributed by atoms with E-state index in [1.54, 1.807) is 24.3 Å². The lowest BCUT2D eigenvalue weighted by molar-refractivity contribution is 0.0432. The second kappa shape index (κ2) is 8.95. The molecule has 0 aromatic heterocycles. The molecule has 3 aromatic carbocycles. The number of aryl methyl sites for hydroxylation is 1. The molecule has 1 N–H and O–H groups in total. The highest BCUT2D eigenvalue weighted by atomic mass is 32.2. The van der Waals surface area contributed by atoms with E-state index in [-0.39, 0.29) is 17.5 Å². The van der Waals surface area contributed by atoms with Gasteiger partial charge in [-0.2, -0.15) is 0 Å². The molecule has 3 aromatic rings. The summed E-state index contributed by atoms with van der Waals surface area (Å²) in [6.07, 6.45) is -0.383. The first-order valence-corrected chi connectivity index (χ1v) is 10.3. The Labute approximate surface area is 160 Å². The van der Waals surface area contributed by atoms with Crippen molar-refractivity contribution in [2.24, 2.45) is 0 Å². The molecular weight excluding hydrogens is 358 g/mol. The summed E-state index contributed by atoms with van der Waals surface area (Å²) in [5.74, 6) is 0. The van der Waals surface area contributed by atoms with Gasteiger partial charge in [0.2, 0.25) is 10.0 Å². The average Bonchev–Trinajstić information content (AvgIpc) is 2.70. The van der Waals surface area contributed by atoms with Crippen LogP contribution in [0, 0.1) is 6.92 Å². The zero-order chi connectivity index (χ0) is 19.1. The first-order valence-electron chi connectivity index (χ1n) is 8.81. The smallest absolute Gasteiger partial charge is 0.240 e. The Balaban J connectivity index is 1.72. The lowest BCUT2D eigenvalue weighted by Crippen LogP contribution is -2.29. The highest BCUT2D eigenvalue weighted by molar-refractivity contribution is 7.89. The molecule has 1 unspecified atom stereocenters. The van der Waals surface area contributed by atoms with Crippen LogP contribution in [-0.2, 0) is 21.4 Å². The van der Waals surface area contributed by atoms with Gasteiger partial charge in [0.05, 0.1) is 17.6 Å². The minimum absolute atomic E-state index is 0.160. The Hall–Kier alpha value is -2.47. The van der Waals surface area contributed by atoms with Crippen molar-refractivity contribution in [3.63, 3.8) is 0 Å². The molecule has 1 atom stereocenters. The average molecular weight is 381 g/mol. The van der Waals surface area contributed by atoms with E-state index in [1.165, 1.54) is 0 Å². The van der Waals surface area contributed by atoms with Crippen molar-refractivity contribution in [3.05, 3.63) is 102 Å². The normalized spacial score (nSPS) is 12.6. The van der Waals surface area contributed by atoms with Gasteiger partial charge in [-0.3, -0.25) is 0 Å². The van der Waals surface area contributed by atoms with Gasteiger partial charge in [0, 0.05) is 6.54 Å². The van der Waals surface area contributed by atoms with E-state index in [0.29, 0.717) is 6.61 Å². The summed E-state index contributed by atoms with van der Waals surface area (Å²) in [6, 6.07) is 26.3. The van der Waals surface area contributed by atoms with Gasteiger partial charge in [0.25, 0.3) is 0 Å². The first-order chi connectivity index (χ1) is 13.0. The van der Waals surface area contributed by atoms with Gasteiger partial charge in [0.15, 0.2) is 0 Å². The van der Waals surface area contributed by atoms with Crippen molar-refractivity contribution < 1.29 is 13.2 Å². The molecule has 140 valence electrons. The summed E-state index contributed by atoms with van der Waals surface area (Å²) in [4.78, 5) is 0.253. The fourth-order valence-electron chi connectivity index (χ4n) is 2.70. The summed E-state index contributed by atoms with van der Waals surface area (Å²) in [7, 11) is -3.59. The third-order valence-corrected chi connectivity index (χ3v) is 5.69. The predicted octanol–water partition coefficient (Wildman–Crippen LogP) is 4.23. The lowest BCUT2D eigenvalue weighted by Gasteiger charge is -2.19. The molecule has 0 spiro atoms. The maximum Gasteiger partial charge on any atom is 0.240 e. The molecule has 0 aliphatic rings. The molecule has 0 amide bonds.